The number of hydrogen-bond donors (Lipinski definition) is 2. The van der Waals surface area contributed by atoms with Crippen LogP contribution in [0.2, 0.25) is 0 Å². The summed E-state index contributed by atoms with van der Waals surface area (Å²) in [6.45, 7) is 0.447. The van der Waals surface area contributed by atoms with Crippen LogP contribution in [0.25, 0.3) is 0 Å². The molecule has 0 fully saturated rings. The van der Waals surface area contributed by atoms with Gasteiger partial charge in [0, 0.05) is 18.6 Å². The topological polar surface area (TPSA) is 66.9 Å². The lowest BCUT2D eigenvalue weighted by Gasteiger charge is -2.03. The molecule has 2 aromatic heterocycles. The van der Waals surface area contributed by atoms with Gasteiger partial charge in [-0.2, -0.15) is 0 Å². The fraction of sp³-hybridized carbons (Fsp3) is 0.250. The maximum Gasteiger partial charge on any atom is 0.226 e. The van der Waals surface area contributed by atoms with Gasteiger partial charge in [-0.15, -0.1) is 11.3 Å². The number of carbonyl (C=O) groups excluding carboxylic acids is 1. The van der Waals surface area contributed by atoms with Gasteiger partial charge in [-0.3, -0.25) is 9.78 Å². The zero-order valence-corrected chi connectivity index (χ0v) is 10.8. The zero-order valence-electron chi connectivity index (χ0n) is 10.0. The fourth-order valence-electron chi connectivity index (χ4n) is 1.42. The van der Waals surface area contributed by atoms with Gasteiger partial charge in [0.05, 0.1) is 24.4 Å². The Morgan fingerprint density at radius 3 is 2.94 bits per heavy atom. The second-order valence-corrected chi connectivity index (χ2v) is 4.53. The van der Waals surface area contributed by atoms with E-state index in [1.807, 2.05) is 30.6 Å². The molecule has 0 aliphatic rings. The van der Waals surface area contributed by atoms with Gasteiger partial charge in [-0.25, -0.2) is 4.98 Å². The molecule has 5 nitrogen and oxygen atoms in total. The van der Waals surface area contributed by atoms with Crippen molar-refractivity contribution in [2.45, 2.75) is 13.0 Å². The van der Waals surface area contributed by atoms with Crippen LogP contribution in [0.1, 0.15) is 11.4 Å². The van der Waals surface area contributed by atoms with E-state index in [0.717, 1.165) is 16.5 Å². The number of hydrogen-bond acceptors (Lipinski definition) is 5. The average molecular weight is 262 g/mol. The van der Waals surface area contributed by atoms with Crippen LogP contribution in [-0.4, -0.2) is 22.9 Å². The summed E-state index contributed by atoms with van der Waals surface area (Å²) in [5.41, 5.74) is 1.63. The molecule has 6 heteroatoms. The number of anilines is 1. The van der Waals surface area contributed by atoms with Crippen LogP contribution in [0.4, 0.5) is 5.13 Å². The van der Waals surface area contributed by atoms with E-state index in [4.69, 9.17) is 0 Å². The van der Waals surface area contributed by atoms with Gasteiger partial charge in [-0.05, 0) is 12.1 Å². The molecule has 94 valence electrons. The molecule has 0 bridgehead atoms. The molecule has 0 radical (unpaired) electrons. The average Bonchev–Trinajstić information content (AvgIpc) is 2.85. The molecule has 0 saturated carbocycles. The molecule has 2 aromatic rings. The minimum Gasteiger partial charge on any atom is -0.365 e. The monoisotopic (exact) mass is 262 g/mol. The first-order valence-electron chi connectivity index (χ1n) is 5.56. The van der Waals surface area contributed by atoms with Crippen LogP contribution in [0.3, 0.4) is 0 Å². The second kappa shape index (κ2) is 6.11. The highest BCUT2D eigenvalue weighted by molar-refractivity contribution is 7.13. The van der Waals surface area contributed by atoms with Gasteiger partial charge in [0.2, 0.25) is 5.91 Å². The summed E-state index contributed by atoms with van der Waals surface area (Å²) in [6.07, 6.45) is 2.01. The molecular formula is C12H14N4OS. The van der Waals surface area contributed by atoms with Gasteiger partial charge in [-0.1, -0.05) is 6.07 Å². The Hall–Kier alpha value is -1.95. The van der Waals surface area contributed by atoms with Crippen LogP contribution in [-0.2, 0) is 17.8 Å². The zero-order chi connectivity index (χ0) is 12.8. The highest BCUT2D eigenvalue weighted by atomic mass is 32.1. The quantitative estimate of drug-likeness (QED) is 0.855. The first kappa shape index (κ1) is 12.5. The van der Waals surface area contributed by atoms with Crippen molar-refractivity contribution in [1.82, 2.24) is 15.3 Å². The summed E-state index contributed by atoms with van der Waals surface area (Å²) in [5, 5.41) is 8.46. The van der Waals surface area contributed by atoms with Crippen LogP contribution in [0, 0.1) is 0 Å². The molecule has 2 heterocycles. The molecule has 2 rings (SSSR count). The molecule has 18 heavy (non-hydrogen) atoms. The molecule has 2 N–H and O–H groups in total. The van der Waals surface area contributed by atoms with Crippen molar-refractivity contribution in [2.24, 2.45) is 0 Å². The van der Waals surface area contributed by atoms with E-state index in [1.165, 1.54) is 11.3 Å². The first-order valence-corrected chi connectivity index (χ1v) is 6.44. The Bertz CT molecular complexity index is 512. The number of pyridine rings is 1. The molecule has 0 aliphatic heterocycles. The third-order valence-corrected chi connectivity index (χ3v) is 3.21. The molecule has 0 unspecified atom stereocenters. The Kier molecular flexibility index (Phi) is 4.25. The lowest BCUT2D eigenvalue weighted by atomic mass is 10.3. The Morgan fingerprint density at radius 2 is 2.28 bits per heavy atom. The predicted molar refractivity (Wildman–Crippen MR) is 71.4 cm³/mol. The normalized spacial score (nSPS) is 10.1. The summed E-state index contributed by atoms with van der Waals surface area (Å²) >= 11 is 1.49. The molecule has 0 aromatic carbocycles. The molecule has 0 aliphatic carbocycles. The largest absolute Gasteiger partial charge is 0.365 e. The van der Waals surface area contributed by atoms with E-state index in [-0.39, 0.29) is 5.91 Å². The maximum atomic E-state index is 11.7. The van der Waals surface area contributed by atoms with Crippen molar-refractivity contribution < 1.29 is 4.79 Å². The summed E-state index contributed by atoms with van der Waals surface area (Å²) in [4.78, 5) is 20.1. The Labute approximate surface area is 109 Å². The van der Waals surface area contributed by atoms with Crippen LogP contribution < -0.4 is 10.6 Å². The minimum atomic E-state index is -0.0476. The fourth-order valence-corrected chi connectivity index (χ4v) is 2.09. The summed E-state index contributed by atoms with van der Waals surface area (Å²) < 4.78 is 0. The number of aromatic nitrogens is 2. The van der Waals surface area contributed by atoms with Crippen LogP contribution in [0.15, 0.2) is 29.8 Å². The molecule has 0 spiro atoms. The maximum absolute atomic E-state index is 11.7. The predicted octanol–water partition coefficient (Wildman–Crippen LogP) is 1.44. The van der Waals surface area contributed by atoms with Crippen molar-refractivity contribution >= 4 is 22.4 Å². The number of nitrogens with one attached hydrogen (secondary N) is 2. The van der Waals surface area contributed by atoms with Crippen molar-refractivity contribution in [3.05, 3.63) is 41.2 Å². The number of carbonyl (C=O) groups is 1. The smallest absolute Gasteiger partial charge is 0.226 e. The second-order valence-electron chi connectivity index (χ2n) is 3.67. The highest BCUT2D eigenvalue weighted by Crippen LogP contribution is 2.14. The van der Waals surface area contributed by atoms with E-state index >= 15 is 0 Å². The van der Waals surface area contributed by atoms with Gasteiger partial charge < -0.3 is 10.6 Å². The molecule has 0 atom stereocenters. The third kappa shape index (κ3) is 3.53. The van der Waals surface area contributed by atoms with Gasteiger partial charge in [0.15, 0.2) is 5.13 Å². The van der Waals surface area contributed by atoms with E-state index in [2.05, 4.69) is 20.6 Å². The highest BCUT2D eigenvalue weighted by Gasteiger charge is 2.07. The van der Waals surface area contributed by atoms with E-state index in [1.54, 1.807) is 6.20 Å². The lowest BCUT2D eigenvalue weighted by molar-refractivity contribution is -0.120. The van der Waals surface area contributed by atoms with E-state index < -0.39 is 0 Å². The Morgan fingerprint density at radius 1 is 1.39 bits per heavy atom. The molecule has 0 saturated heterocycles. The van der Waals surface area contributed by atoms with Crippen molar-refractivity contribution in [1.29, 1.82) is 0 Å². The van der Waals surface area contributed by atoms with Crippen molar-refractivity contribution in [3.63, 3.8) is 0 Å². The SMILES string of the molecule is CNc1nc(CC(=O)NCc2ccccn2)cs1. The first-order chi connectivity index (χ1) is 8.78. The van der Waals surface area contributed by atoms with Gasteiger partial charge in [0.1, 0.15) is 0 Å². The Balaban J connectivity index is 1.82. The number of rotatable bonds is 5. The number of thiazole rings is 1. The minimum absolute atomic E-state index is 0.0476. The molecular weight excluding hydrogens is 248 g/mol. The third-order valence-electron chi connectivity index (χ3n) is 2.30. The number of amides is 1. The molecule has 1 amide bonds. The summed E-state index contributed by atoms with van der Waals surface area (Å²) in [5.74, 6) is -0.0476. The van der Waals surface area contributed by atoms with Crippen molar-refractivity contribution in [2.75, 3.05) is 12.4 Å². The lowest BCUT2D eigenvalue weighted by Crippen LogP contribution is -2.25. The summed E-state index contributed by atoms with van der Waals surface area (Å²) in [6, 6.07) is 5.62. The standard InChI is InChI=1S/C12H14N4OS/c1-13-12-16-10(8-18-12)6-11(17)15-7-9-4-2-3-5-14-9/h2-5,8H,6-7H2,1H3,(H,13,16)(H,15,17). The van der Waals surface area contributed by atoms with Gasteiger partial charge in [0.25, 0.3) is 0 Å². The summed E-state index contributed by atoms with van der Waals surface area (Å²) in [7, 11) is 1.81. The van der Waals surface area contributed by atoms with Crippen molar-refractivity contribution in [3.8, 4) is 0 Å². The van der Waals surface area contributed by atoms with Crippen LogP contribution in [0.5, 0.6) is 0 Å². The number of nitrogens with zero attached hydrogens (tertiary/aromatic N) is 2. The van der Waals surface area contributed by atoms with Crippen LogP contribution >= 0.6 is 11.3 Å². The van der Waals surface area contributed by atoms with Gasteiger partial charge >= 0.3 is 0 Å². The van der Waals surface area contributed by atoms with E-state index in [9.17, 15) is 4.79 Å². The van der Waals surface area contributed by atoms with E-state index in [0.29, 0.717) is 13.0 Å².